The molecule has 0 radical (unpaired) electrons. The standard InChI is InChI=1S/C15H29N3O3S/c1-12(2)18-10-15(11-22(18,20)21)9-13(3)16-5-7-17(8-6-16)14(4)19/h12-13,15H,5-11H2,1-4H3. The number of carbonyl (C=O) groups excluding carboxylic acids is 1. The highest BCUT2D eigenvalue weighted by Gasteiger charge is 2.38. The highest BCUT2D eigenvalue weighted by atomic mass is 32.2. The monoisotopic (exact) mass is 331 g/mol. The molecule has 7 heteroatoms. The highest BCUT2D eigenvalue weighted by molar-refractivity contribution is 7.89. The molecule has 0 spiro atoms. The lowest BCUT2D eigenvalue weighted by atomic mass is 10.0. The van der Waals surface area contributed by atoms with Gasteiger partial charge in [-0.3, -0.25) is 9.69 Å². The fourth-order valence-corrected chi connectivity index (χ4v) is 5.71. The zero-order chi connectivity index (χ0) is 16.5. The van der Waals surface area contributed by atoms with Gasteiger partial charge in [0.05, 0.1) is 5.75 Å². The van der Waals surface area contributed by atoms with Gasteiger partial charge in [-0.2, -0.15) is 4.31 Å². The minimum Gasteiger partial charge on any atom is -0.340 e. The molecule has 0 aromatic rings. The molecule has 128 valence electrons. The molecule has 2 rings (SSSR count). The van der Waals surface area contributed by atoms with Crippen molar-refractivity contribution in [2.24, 2.45) is 5.92 Å². The van der Waals surface area contributed by atoms with Crippen molar-refractivity contribution in [1.29, 1.82) is 0 Å². The molecule has 0 aromatic heterocycles. The summed E-state index contributed by atoms with van der Waals surface area (Å²) in [5.41, 5.74) is 0. The predicted molar refractivity (Wildman–Crippen MR) is 87.0 cm³/mol. The number of amides is 1. The van der Waals surface area contributed by atoms with Crippen LogP contribution in [0.5, 0.6) is 0 Å². The van der Waals surface area contributed by atoms with Crippen LogP contribution < -0.4 is 0 Å². The molecule has 0 bridgehead atoms. The molecule has 6 nitrogen and oxygen atoms in total. The first-order chi connectivity index (χ1) is 10.2. The summed E-state index contributed by atoms with van der Waals surface area (Å²) < 4.78 is 26.0. The molecule has 0 aliphatic carbocycles. The Balaban J connectivity index is 1.86. The normalized spacial score (nSPS) is 28.2. The molecule has 2 atom stereocenters. The van der Waals surface area contributed by atoms with Gasteiger partial charge >= 0.3 is 0 Å². The van der Waals surface area contributed by atoms with E-state index in [0.29, 0.717) is 12.6 Å². The van der Waals surface area contributed by atoms with Gasteiger partial charge in [-0.05, 0) is 33.1 Å². The van der Waals surface area contributed by atoms with Crippen molar-refractivity contribution < 1.29 is 13.2 Å². The number of carbonyl (C=O) groups is 1. The van der Waals surface area contributed by atoms with Gasteiger partial charge in [-0.25, -0.2) is 8.42 Å². The summed E-state index contributed by atoms with van der Waals surface area (Å²) in [6.45, 7) is 11.6. The Labute approximate surface area is 134 Å². The van der Waals surface area contributed by atoms with Crippen LogP contribution in [-0.2, 0) is 14.8 Å². The first-order valence-electron chi connectivity index (χ1n) is 8.19. The molecule has 2 heterocycles. The molecule has 2 fully saturated rings. The summed E-state index contributed by atoms with van der Waals surface area (Å²) in [5, 5.41) is 0. The van der Waals surface area contributed by atoms with E-state index in [1.54, 1.807) is 11.2 Å². The number of piperazine rings is 1. The van der Waals surface area contributed by atoms with E-state index in [1.807, 2.05) is 18.7 Å². The minimum absolute atomic E-state index is 0.0458. The van der Waals surface area contributed by atoms with E-state index < -0.39 is 10.0 Å². The largest absolute Gasteiger partial charge is 0.340 e. The molecule has 22 heavy (non-hydrogen) atoms. The maximum Gasteiger partial charge on any atom is 0.219 e. The van der Waals surface area contributed by atoms with E-state index in [0.717, 1.165) is 32.6 Å². The Morgan fingerprint density at radius 1 is 1.14 bits per heavy atom. The van der Waals surface area contributed by atoms with Gasteiger partial charge in [0.25, 0.3) is 0 Å². The van der Waals surface area contributed by atoms with Gasteiger partial charge in [-0.15, -0.1) is 0 Å². The van der Waals surface area contributed by atoms with Gasteiger partial charge in [-0.1, -0.05) is 0 Å². The lowest BCUT2D eigenvalue weighted by Crippen LogP contribution is -2.51. The van der Waals surface area contributed by atoms with E-state index in [-0.39, 0.29) is 23.6 Å². The van der Waals surface area contributed by atoms with E-state index in [2.05, 4.69) is 11.8 Å². The molecule has 0 saturated carbocycles. The van der Waals surface area contributed by atoms with Crippen molar-refractivity contribution in [3.63, 3.8) is 0 Å². The smallest absolute Gasteiger partial charge is 0.219 e. The van der Waals surface area contributed by atoms with Crippen LogP contribution >= 0.6 is 0 Å². The van der Waals surface area contributed by atoms with Gasteiger partial charge < -0.3 is 4.90 Å². The van der Waals surface area contributed by atoms with Crippen LogP contribution in [0.1, 0.15) is 34.1 Å². The number of hydrogen-bond donors (Lipinski definition) is 0. The number of sulfonamides is 1. The van der Waals surface area contributed by atoms with E-state index in [4.69, 9.17) is 0 Å². The van der Waals surface area contributed by atoms with Crippen molar-refractivity contribution >= 4 is 15.9 Å². The first kappa shape index (κ1) is 17.7. The van der Waals surface area contributed by atoms with Crippen LogP contribution in [0.3, 0.4) is 0 Å². The molecule has 0 aromatic carbocycles. The zero-order valence-electron chi connectivity index (χ0n) is 14.2. The van der Waals surface area contributed by atoms with Gasteiger partial charge in [0.15, 0.2) is 0 Å². The fraction of sp³-hybridized carbons (Fsp3) is 0.933. The Hall–Kier alpha value is -0.660. The van der Waals surface area contributed by atoms with Crippen LogP contribution in [0.4, 0.5) is 0 Å². The number of hydrogen-bond acceptors (Lipinski definition) is 4. The quantitative estimate of drug-likeness (QED) is 0.757. The lowest BCUT2D eigenvalue weighted by molar-refractivity contribution is -0.130. The van der Waals surface area contributed by atoms with Crippen molar-refractivity contribution in [3.05, 3.63) is 0 Å². The predicted octanol–water partition coefficient (Wildman–Crippen LogP) is 0.599. The van der Waals surface area contributed by atoms with Crippen molar-refractivity contribution in [1.82, 2.24) is 14.1 Å². The lowest BCUT2D eigenvalue weighted by Gasteiger charge is -2.38. The first-order valence-corrected chi connectivity index (χ1v) is 9.80. The second-order valence-electron chi connectivity index (χ2n) is 6.93. The van der Waals surface area contributed by atoms with Crippen molar-refractivity contribution in [2.75, 3.05) is 38.5 Å². The molecule has 0 N–H and O–H groups in total. The third-order valence-corrected chi connectivity index (χ3v) is 7.05. The maximum absolute atomic E-state index is 12.2. The van der Waals surface area contributed by atoms with Crippen LogP contribution in [0.25, 0.3) is 0 Å². The minimum atomic E-state index is -3.07. The number of nitrogens with zero attached hydrogens (tertiary/aromatic N) is 3. The van der Waals surface area contributed by atoms with E-state index in [1.165, 1.54) is 0 Å². The van der Waals surface area contributed by atoms with Crippen LogP contribution in [0.2, 0.25) is 0 Å². The molecule has 2 unspecified atom stereocenters. The molecule has 1 amide bonds. The molecule has 2 aliphatic rings. The van der Waals surface area contributed by atoms with Gasteiger partial charge in [0.1, 0.15) is 0 Å². The summed E-state index contributed by atoms with van der Waals surface area (Å²) in [6.07, 6.45) is 0.905. The van der Waals surface area contributed by atoms with Crippen molar-refractivity contribution in [2.45, 2.75) is 46.2 Å². The topological polar surface area (TPSA) is 60.9 Å². The van der Waals surface area contributed by atoms with Crippen LogP contribution in [0.15, 0.2) is 0 Å². The Bertz CT molecular complexity index is 498. The van der Waals surface area contributed by atoms with Crippen LogP contribution in [0, 0.1) is 5.92 Å². The molecular weight excluding hydrogens is 302 g/mol. The summed E-state index contributed by atoms with van der Waals surface area (Å²) >= 11 is 0. The van der Waals surface area contributed by atoms with E-state index >= 15 is 0 Å². The van der Waals surface area contributed by atoms with Gasteiger partial charge in [0, 0.05) is 51.7 Å². The summed E-state index contributed by atoms with van der Waals surface area (Å²) in [5.74, 6) is 0.637. The summed E-state index contributed by atoms with van der Waals surface area (Å²) in [6, 6.07) is 0.408. The van der Waals surface area contributed by atoms with E-state index in [9.17, 15) is 13.2 Å². The Kier molecular flexibility index (Phi) is 5.50. The summed E-state index contributed by atoms with van der Waals surface area (Å²) in [4.78, 5) is 15.6. The Morgan fingerprint density at radius 2 is 1.73 bits per heavy atom. The summed E-state index contributed by atoms with van der Waals surface area (Å²) in [7, 11) is -3.07. The number of rotatable bonds is 4. The van der Waals surface area contributed by atoms with Gasteiger partial charge in [0.2, 0.25) is 15.9 Å². The Morgan fingerprint density at radius 3 is 2.18 bits per heavy atom. The van der Waals surface area contributed by atoms with Crippen LogP contribution in [-0.4, -0.2) is 79.0 Å². The third kappa shape index (κ3) is 4.00. The third-order valence-electron chi connectivity index (χ3n) is 4.88. The average Bonchev–Trinajstić information content (AvgIpc) is 2.73. The average molecular weight is 331 g/mol. The van der Waals surface area contributed by atoms with Crippen molar-refractivity contribution in [3.8, 4) is 0 Å². The molecule has 2 saturated heterocycles. The fourth-order valence-electron chi connectivity index (χ4n) is 3.60. The second-order valence-corrected chi connectivity index (χ2v) is 8.90. The highest BCUT2D eigenvalue weighted by Crippen LogP contribution is 2.26. The zero-order valence-corrected chi connectivity index (χ0v) is 15.0. The second kappa shape index (κ2) is 6.84. The molecular formula is C15H29N3O3S. The molecule has 2 aliphatic heterocycles. The SMILES string of the molecule is CC(=O)N1CCN(C(C)CC2CN(C(C)C)S(=O)(=O)C2)CC1. The maximum atomic E-state index is 12.2.